The molecule has 11 heteroatoms. The monoisotopic (exact) mass is 516 g/mol. The van der Waals surface area contributed by atoms with Crippen LogP contribution in [0.3, 0.4) is 0 Å². The second-order valence-electron chi connectivity index (χ2n) is 7.21. The van der Waals surface area contributed by atoms with Gasteiger partial charge in [0.25, 0.3) is 5.91 Å². The Bertz CT molecular complexity index is 934. The summed E-state index contributed by atoms with van der Waals surface area (Å²) in [6.45, 7) is 0.997. The van der Waals surface area contributed by atoms with Crippen LogP contribution in [0.4, 0.5) is 0 Å². The fraction of sp³-hybridized carbons (Fsp3) is 0.409. The maximum Gasteiger partial charge on any atom is 0.254 e. The molecule has 180 valence electrons. The number of β-amino-alcohol motifs (C(OH)–C–C–N with tert-alkyl or cyclic N) is 1. The summed E-state index contributed by atoms with van der Waals surface area (Å²) >= 11 is 13.6. The molecule has 0 aromatic heterocycles. The van der Waals surface area contributed by atoms with Crippen molar-refractivity contribution in [1.82, 2.24) is 10.4 Å². The average Bonchev–Trinajstić information content (AvgIpc) is 3.24. The van der Waals surface area contributed by atoms with Gasteiger partial charge in [-0.15, -0.1) is 11.8 Å². The smallest absolute Gasteiger partial charge is 0.254 e. The zero-order chi connectivity index (χ0) is 23.8. The number of amides is 1. The van der Waals surface area contributed by atoms with E-state index in [1.807, 2.05) is 6.26 Å². The highest BCUT2D eigenvalue weighted by molar-refractivity contribution is 7.98. The molecule has 2 atom stereocenters. The van der Waals surface area contributed by atoms with Crippen molar-refractivity contribution in [3.8, 4) is 17.2 Å². The zero-order valence-corrected chi connectivity index (χ0v) is 20.6. The molecule has 1 heterocycles. The van der Waals surface area contributed by atoms with Crippen molar-refractivity contribution >= 4 is 40.9 Å². The van der Waals surface area contributed by atoms with Gasteiger partial charge in [-0.2, -0.15) is 5.06 Å². The Kier molecular flexibility index (Phi) is 9.78. The van der Waals surface area contributed by atoms with Crippen LogP contribution >= 0.6 is 35.0 Å². The number of hydrogen-bond donors (Lipinski definition) is 2. The molecule has 0 spiro atoms. The van der Waals surface area contributed by atoms with Crippen molar-refractivity contribution < 1.29 is 28.9 Å². The summed E-state index contributed by atoms with van der Waals surface area (Å²) in [5.41, 5.74) is 0.250. The van der Waals surface area contributed by atoms with Crippen molar-refractivity contribution in [2.45, 2.75) is 12.2 Å². The molecule has 1 saturated heterocycles. The maximum absolute atomic E-state index is 12.2. The predicted molar refractivity (Wildman–Crippen MR) is 129 cm³/mol. The van der Waals surface area contributed by atoms with Crippen LogP contribution in [0.2, 0.25) is 10.0 Å². The third-order valence-electron chi connectivity index (χ3n) is 4.65. The van der Waals surface area contributed by atoms with E-state index in [1.165, 1.54) is 24.9 Å². The number of halogens is 2. The number of thioether (sulfide) groups is 1. The second-order valence-corrected chi connectivity index (χ2v) is 8.87. The number of nitrogens with zero attached hydrogens (tertiary/aromatic N) is 1. The van der Waals surface area contributed by atoms with Crippen LogP contribution in [0.5, 0.6) is 17.2 Å². The maximum atomic E-state index is 12.2. The van der Waals surface area contributed by atoms with Crippen molar-refractivity contribution in [2.75, 3.05) is 45.5 Å². The van der Waals surface area contributed by atoms with Crippen LogP contribution in [-0.2, 0) is 4.84 Å². The number of nitrogens with one attached hydrogen (secondary N) is 1. The van der Waals surface area contributed by atoms with E-state index in [-0.39, 0.29) is 36.5 Å². The summed E-state index contributed by atoms with van der Waals surface area (Å²) in [7, 11) is 1.51. The molecule has 0 unspecified atom stereocenters. The first kappa shape index (κ1) is 25.7. The number of rotatable bonds is 11. The Labute approximate surface area is 207 Å². The Morgan fingerprint density at radius 2 is 2.03 bits per heavy atom. The first-order valence-electron chi connectivity index (χ1n) is 10.2. The zero-order valence-electron chi connectivity index (χ0n) is 18.3. The number of carbonyl (C=O) groups is 1. The van der Waals surface area contributed by atoms with Crippen molar-refractivity contribution in [3.05, 3.63) is 52.0 Å². The minimum atomic E-state index is -0.872. The van der Waals surface area contributed by atoms with E-state index >= 15 is 0 Å². The van der Waals surface area contributed by atoms with Gasteiger partial charge in [-0.3, -0.25) is 9.63 Å². The van der Waals surface area contributed by atoms with E-state index < -0.39 is 6.10 Å². The molecule has 0 aliphatic carbocycles. The molecule has 1 fully saturated rings. The lowest BCUT2D eigenvalue weighted by molar-refractivity contribution is -0.131. The first-order valence-corrected chi connectivity index (χ1v) is 12.3. The van der Waals surface area contributed by atoms with Crippen LogP contribution in [-0.4, -0.2) is 73.8 Å². The Balaban J connectivity index is 1.54. The number of aliphatic hydroxyl groups is 1. The Hall–Kier alpha value is -1.88. The van der Waals surface area contributed by atoms with Crippen LogP contribution in [0.25, 0.3) is 0 Å². The van der Waals surface area contributed by atoms with E-state index in [4.69, 9.17) is 42.3 Å². The summed E-state index contributed by atoms with van der Waals surface area (Å²) < 4.78 is 17.2. The number of aliphatic hydroxyl groups excluding tert-OH is 1. The van der Waals surface area contributed by atoms with E-state index in [0.29, 0.717) is 40.6 Å². The Morgan fingerprint density at radius 1 is 1.27 bits per heavy atom. The Morgan fingerprint density at radius 3 is 2.73 bits per heavy atom. The van der Waals surface area contributed by atoms with E-state index in [9.17, 15) is 9.90 Å². The topological polar surface area (TPSA) is 89.5 Å². The van der Waals surface area contributed by atoms with Gasteiger partial charge in [0, 0.05) is 18.1 Å². The average molecular weight is 517 g/mol. The SMILES string of the molecule is CNC(=O)c1cc(Cl)c(OCSC)cc1OC[C@@H](O)CN1C[C@@H](Oc2ccc(Cl)cc2)CO1. The summed E-state index contributed by atoms with van der Waals surface area (Å²) in [5.74, 6) is 1.39. The molecule has 8 nitrogen and oxygen atoms in total. The molecule has 0 radical (unpaired) electrons. The van der Waals surface area contributed by atoms with Crippen LogP contribution < -0.4 is 19.5 Å². The number of ether oxygens (including phenoxy) is 3. The van der Waals surface area contributed by atoms with Gasteiger partial charge in [0.05, 0.1) is 23.7 Å². The van der Waals surface area contributed by atoms with Gasteiger partial charge in [0.1, 0.15) is 48.6 Å². The van der Waals surface area contributed by atoms with Gasteiger partial charge in [-0.05, 0) is 36.6 Å². The third kappa shape index (κ3) is 7.56. The predicted octanol–water partition coefficient (Wildman–Crippen LogP) is 3.49. The minimum absolute atomic E-state index is 0.0594. The summed E-state index contributed by atoms with van der Waals surface area (Å²) in [5, 5.41) is 15.6. The second kappa shape index (κ2) is 12.5. The normalized spacial score (nSPS) is 16.9. The van der Waals surface area contributed by atoms with Crippen molar-refractivity contribution in [1.29, 1.82) is 0 Å². The first-order chi connectivity index (χ1) is 15.9. The lowest BCUT2D eigenvalue weighted by Gasteiger charge is -2.20. The van der Waals surface area contributed by atoms with Crippen molar-refractivity contribution in [2.24, 2.45) is 0 Å². The molecule has 33 heavy (non-hydrogen) atoms. The minimum Gasteiger partial charge on any atom is -0.490 e. The molecule has 1 aliphatic heterocycles. The van der Waals surface area contributed by atoms with Crippen LogP contribution in [0.15, 0.2) is 36.4 Å². The fourth-order valence-corrected chi connectivity index (χ4v) is 3.69. The molecule has 1 aliphatic rings. The number of hydroxylamine groups is 2. The largest absolute Gasteiger partial charge is 0.490 e. The van der Waals surface area contributed by atoms with Crippen molar-refractivity contribution in [3.63, 3.8) is 0 Å². The van der Waals surface area contributed by atoms with Crippen LogP contribution in [0.1, 0.15) is 10.4 Å². The highest BCUT2D eigenvalue weighted by atomic mass is 35.5. The van der Waals surface area contributed by atoms with E-state index in [2.05, 4.69) is 5.32 Å². The number of hydrogen-bond acceptors (Lipinski definition) is 8. The van der Waals surface area contributed by atoms with Gasteiger partial charge in [-0.1, -0.05) is 23.2 Å². The van der Waals surface area contributed by atoms with Gasteiger partial charge in [-0.25, -0.2) is 0 Å². The van der Waals surface area contributed by atoms with Crippen LogP contribution in [0, 0.1) is 0 Å². The lowest BCUT2D eigenvalue weighted by atomic mass is 10.1. The van der Waals surface area contributed by atoms with E-state index in [0.717, 1.165) is 0 Å². The van der Waals surface area contributed by atoms with Gasteiger partial charge in [0.2, 0.25) is 0 Å². The summed E-state index contributed by atoms with van der Waals surface area (Å²) in [4.78, 5) is 17.8. The lowest BCUT2D eigenvalue weighted by Crippen LogP contribution is -2.35. The number of carbonyl (C=O) groups excluding carboxylic acids is 1. The quantitative estimate of drug-likeness (QED) is 0.438. The molecule has 2 aromatic rings. The van der Waals surface area contributed by atoms with E-state index in [1.54, 1.807) is 35.4 Å². The standard InChI is InChI=1S/C22H26Cl2N2O6S/c1-25-22(28)18-7-19(24)21(30-13-33-2)8-20(18)29-11-15(27)9-26-10-17(12-31-26)32-16-5-3-14(23)4-6-16/h3-8,15,17,27H,9-13H2,1-2H3,(H,25,28)/t15-,17+/m0/s1. The molecular formula is C22H26Cl2N2O6S. The molecule has 0 bridgehead atoms. The van der Waals surface area contributed by atoms with Gasteiger partial charge in [0.15, 0.2) is 0 Å². The number of benzene rings is 2. The highest BCUT2D eigenvalue weighted by Gasteiger charge is 2.27. The molecule has 1 amide bonds. The third-order valence-corrected chi connectivity index (χ3v) is 5.55. The van der Waals surface area contributed by atoms with Gasteiger partial charge >= 0.3 is 0 Å². The fourth-order valence-electron chi connectivity index (χ4n) is 3.10. The molecule has 2 aromatic carbocycles. The van der Waals surface area contributed by atoms with Gasteiger partial charge < -0.3 is 24.6 Å². The molecular weight excluding hydrogens is 491 g/mol. The molecule has 3 rings (SSSR count). The highest BCUT2D eigenvalue weighted by Crippen LogP contribution is 2.33. The molecule has 0 saturated carbocycles. The molecule has 2 N–H and O–H groups in total. The summed E-state index contributed by atoms with van der Waals surface area (Å²) in [6.07, 6.45) is 0.848. The summed E-state index contributed by atoms with van der Waals surface area (Å²) in [6, 6.07) is 10.1.